The zero-order chi connectivity index (χ0) is 17.5. The van der Waals surface area contributed by atoms with Crippen LogP contribution >= 0.6 is 0 Å². The van der Waals surface area contributed by atoms with Crippen molar-refractivity contribution in [2.24, 2.45) is 0 Å². The van der Waals surface area contributed by atoms with Crippen molar-refractivity contribution < 1.29 is 14.3 Å². The van der Waals surface area contributed by atoms with E-state index in [0.29, 0.717) is 0 Å². The van der Waals surface area contributed by atoms with Gasteiger partial charge in [0.2, 0.25) is 0 Å². The van der Waals surface area contributed by atoms with Crippen molar-refractivity contribution in [3.8, 4) is 0 Å². The van der Waals surface area contributed by atoms with Gasteiger partial charge in [-0.3, -0.25) is 4.79 Å². The van der Waals surface area contributed by atoms with Crippen LogP contribution in [0.2, 0.25) is 0 Å². The third-order valence-corrected chi connectivity index (χ3v) is 3.46. The van der Waals surface area contributed by atoms with E-state index >= 15 is 0 Å². The molecule has 0 fully saturated rings. The fourth-order valence-corrected chi connectivity index (χ4v) is 2.26. The molecular weight excluding hydrogens is 302 g/mol. The van der Waals surface area contributed by atoms with Gasteiger partial charge in [0.05, 0.1) is 0 Å². The van der Waals surface area contributed by atoms with Crippen molar-refractivity contribution in [1.82, 2.24) is 0 Å². The number of carbonyl (C=O) groups is 2. The molecule has 24 heavy (non-hydrogen) atoms. The highest BCUT2D eigenvalue weighted by Crippen LogP contribution is 2.15. The number of amides is 1. The SMILES string of the molecule is Cc1cccc(/C=C/C(=O)OCC(=O)Nc2ccc(C)cc2C)c1. The fourth-order valence-electron chi connectivity index (χ4n) is 2.26. The first-order valence-electron chi connectivity index (χ1n) is 7.72. The molecule has 0 spiro atoms. The van der Waals surface area contributed by atoms with Gasteiger partial charge in [-0.25, -0.2) is 4.79 Å². The molecule has 4 heteroatoms. The van der Waals surface area contributed by atoms with Gasteiger partial charge >= 0.3 is 5.97 Å². The number of nitrogens with one attached hydrogen (secondary N) is 1. The minimum Gasteiger partial charge on any atom is -0.452 e. The van der Waals surface area contributed by atoms with Crippen LogP contribution < -0.4 is 5.32 Å². The van der Waals surface area contributed by atoms with Crippen molar-refractivity contribution in [3.05, 3.63) is 70.8 Å². The summed E-state index contributed by atoms with van der Waals surface area (Å²) in [6.45, 7) is 5.57. The molecule has 0 heterocycles. The van der Waals surface area contributed by atoms with Crippen LogP contribution in [0.4, 0.5) is 5.69 Å². The number of esters is 1. The van der Waals surface area contributed by atoms with Gasteiger partial charge in [0, 0.05) is 11.8 Å². The average Bonchev–Trinajstić information content (AvgIpc) is 2.54. The van der Waals surface area contributed by atoms with Crippen LogP contribution in [0.5, 0.6) is 0 Å². The normalized spacial score (nSPS) is 10.6. The van der Waals surface area contributed by atoms with Crippen LogP contribution in [0.15, 0.2) is 48.5 Å². The Labute approximate surface area is 142 Å². The molecule has 0 saturated heterocycles. The smallest absolute Gasteiger partial charge is 0.331 e. The van der Waals surface area contributed by atoms with E-state index in [-0.39, 0.29) is 12.5 Å². The average molecular weight is 323 g/mol. The van der Waals surface area contributed by atoms with Crippen LogP contribution in [0.25, 0.3) is 6.08 Å². The Morgan fingerprint density at radius 1 is 1.04 bits per heavy atom. The monoisotopic (exact) mass is 323 g/mol. The lowest BCUT2D eigenvalue weighted by Gasteiger charge is -2.09. The molecule has 4 nitrogen and oxygen atoms in total. The lowest BCUT2D eigenvalue weighted by molar-refractivity contribution is -0.142. The van der Waals surface area contributed by atoms with E-state index in [1.54, 1.807) is 6.08 Å². The number of anilines is 1. The first kappa shape index (κ1) is 17.5. The van der Waals surface area contributed by atoms with Crippen molar-refractivity contribution in [3.63, 3.8) is 0 Å². The van der Waals surface area contributed by atoms with Gasteiger partial charge in [0.25, 0.3) is 5.91 Å². The van der Waals surface area contributed by atoms with Crippen molar-refractivity contribution >= 4 is 23.6 Å². The van der Waals surface area contributed by atoms with E-state index < -0.39 is 5.97 Å². The van der Waals surface area contributed by atoms with Crippen LogP contribution in [0, 0.1) is 20.8 Å². The van der Waals surface area contributed by atoms with Gasteiger partial charge in [-0.05, 0) is 44.0 Å². The topological polar surface area (TPSA) is 55.4 Å². The van der Waals surface area contributed by atoms with Crippen LogP contribution in [0.3, 0.4) is 0 Å². The quantitative estimate of drug-likeness (QED) is 0.672. The molecule has 0 unspecified atom stereocenters. The standard InChI is InChI=1S/C20H21NO3/c1-14-5-4-6-17(12-14)8-10-20(23)24-13-19(22)21-18-9-7-15(2)11-16(18)3/h4-12H,13H2,1-3H3,(H,21,22)/b10-8+. The number of carbonyl (C=O) groups excluding carboxylic acids is 2. The van der Waals surface area contributed by atoms with Crippen molar-refractivity contribution in [2.45, 2.75) is 20.8 Å². The van der Waals surface area contributed by atoms with E-state index in [2.05, 4.69) is 5.32 Å². The Balaban J connectivity index is 1.83. The fraction of sp³-hybridized carbons (Fsp3) is 0.200. The highest BCUT2D eigenvalue weighted by atomic mass is 16.5. The Morgan fingerprint density at radius 3 is 2.50 bits per heavy atom. The number of aryl methyl sites for hydroxylation is 3. The molecule has 2 rings (SSSR count). The summed E-state index contributed by atoms with van der Waals surface area (Å²) in [7, 11) is 0. The molecule has 0 aliphatic heterocycles. The van der Waals surface area contributed by atoms with Crippen LogP contribution in [-0.4, -0.2) is 18.5 Å². The van der Waals surface area contributed by atoms with Gasteiger partial charge in [-0.1, -0.05) is 47.5 Å². The molecule has 0 atom stereocenters. The van der Waals surface area contributed by atoms with E-state index in [9.17, 15) is 9.59 Å². The number of benzene rings is 2. The molecule has 1 amide bonds. The second-order valence-electron chi connectivity index (χ2n) is 5.72. The second-order valence-corrected chi connectivity index (χ2v) is 5.72. The molecule has 124 valence electrons. The van der Waals surface area contributed by atoms with E-state index in [4.69, 9.17) is 4.74 Å². The van der Waals surface area contributed by atoms with Gasteiger partial charge in [-0.15, -0.1) is 0 Å². The highest BCUT2D eigenvalue weighted by molar-refractivity contribution is 5.95. The molecule has 0 aliphatic rings. The summed E-state index contributed by atoms with van der Waals surface area (Å²) in [5.74, 6) is -0.911. The molecule has 2 aromatic rings. The Bertz CT molecular complexity index is 778. The molecule has 0 radical (unpaired) electrons. The third kappa shape index (κ3) is 5.39. The van der Waals surface area contributed by atoms with Gasteiger partial charge in [0.15, 0.2) is 6.61 Å². The number of ether oxygens (including phenoxy) is 1. The first-order valence-corrected chi connectivity index (χ1v) is 7.72. The van der Waals surface area contributed by atoms with E-state index in [0.717, 1.165) is 27.9 Å². The lowest BCUT2D eigenvalue weighted by Crippen LogP contribution is -2.20. The maximum atomic E-state index is 11.9. The molecule has 0 bridgehead atoms. The van der Waals surface area contributed by atoms with E-state index in [1.807, 2.05) is 63.2 Å². The first-order chi connectivity index (χ1) is 11.4. The largest absolute Gasteiger partial charge is 0.452 e. The maximum Gasteiger partial charge on any atom is 0.331 e. The second kappa shape index (κ2) is 8.11. The summed E-state index contributed by atoms with van der Waals surface area (Å²) >= 11 is 0. The Hall–Kier alpha value is -2.88. The lowest BCUT2D eigenvalue weighted by atomic mass is 10.1. The Morgan fingerprint density at radius 2 is 1.79 bits per heavy atom. The zero-order valence-electron chi connectivity index (χ0n) is 14.1. The van der Waals surface area contributed by atoms with Crippen molar-refractivity contribution in [1.29, 1.82) is 0 Å². The van der Waals surface area contributed by atoms with Gasteiger partial charge < -0.3 is 10.1 Å². The zero-order valence-corrected chi connectivity index (χ0v) is 14.1. The predicted molar refractivity (Wildman–Crippen MR) is 95.7 cm³/mol. The van der Waals surface area contributed by atoms with Crippen LogP contribution in [0.1, 0.15) is 22.3 Å². The van der Waals surface area contributed by atoms with Crippen molar-refractivity contribution in [2.75, 3.05) is 11.9 Å². The molecule has 0 aliphatic carbocycles. The maximum absolute atomic E-state index is 11.9. The minimum atomic E-state index is -0.549. The summed E-state index contributed by atoms with van der Waals surface area (Å²) in [5, 5.41) is 2.73. The summed E-state index contributed by atoms with van der Waals surface area (Å²) in [5.41, 5.74) is 4.83. The predicted octanol–water partition coefficient (Wildman–Crippen LogP) is 3.81. The number of hydrogen-bond donors (Lipinski definition) is 1. The molecular formula is C20H21NO3. The minimum absolute atomic E-state index is 0.315. The summed E-state index contributed by atoms with van der Waals surface area (Å²) in [6.07, 6.45) is 2.98. The summed E-state index contributed by atoms with van der Waals surface area (Å²) in [4.78, 5) is 23.5. The summed E-state index contributed by atoms with van der Waals surface area (Å²) < 4.78 is 4.95. The summed E-state index contributed by atoms with van der Waals surface area (Å²) in [6, 6.07) is 13.5. The number of rotatable bonds is 5. The van der Waals surface area contributed by atoms with Gasteiger partial charge in [0.1, 0.15) is 0 Å². The third-order valence-electron chi connectivity index (χ3n) is 3.46. The molecule has 1 N–H and O–H groups in total. The Kier molecular flexibility index (Phi) is 5.90. The highest BCUT2D eigenvalue weighted by Gasteiger charge is 2.07. The van der Waals surface area contributed by atoms with Gasteiger partial charge in [-0.2, -0.15) is 0 Å². The molecule has 2 aromatic carbocycles. The molecule has 0 saturated carbocycles. The molecule has 0 aromatic heterocycles. The van der Waals surface area contributed by atoms with E-state index in [1.165, 1.54) is 6.08 Å². The van der Waals surface area contributed by atoms with Crippen LogP contribution in [-0.2, 0) is 14.3 Å². The number of hydrogen-bond acceptors (Lipinski definition) is 3.